The van der Waals surface area contributed by atoms with Crippen LogP contribution in [0.2, 0.25) is 0 Å². The zero-order valence-corrected chi connectivity index (χ0v) is 16.3. The number of aryl methyl sites for hydroxylation is 2. The maximum absolute atomic E-state index is 12.4. The fraction of sp³-hybridized carbons (Fsp3) is 0.182. The topological polar surface area (TPSA) is 85.8 Å². The van der Waals surface area contributed by atoms with Gasteiger partial charge in [0.2, 0.25) is 11.7 Å². The van der Waals surface area contributed by atoms with Gasteiger partial charge in [0, 0.05) is 30.1 Å². The fourth-order valence-electron chi connectivity index (χ4n) is 3.02. The Bertz CT molecular complexity index is 1130. The van der Waals surface area contributed by atoms with Gasteiger partial charge in [-0.1, -0.05) is 41.1 Å². The third-order valence-electron chi connectivity index (χ3n) is 4.64. The second-order valence-electron chi connectivity index (χ2n) is 6.86. The number of nitrogens with zero attached hydrogens (tertiary/aromatic N) is 4. The van der Waals surface area contributed by atoms with Gasteiger partial charge >= 0.3 is 0 Å². The standard InChI is InChI=1S/C22H21N5O2/c1-15-4-3-5-19(12-15)21-25-20(29-26-21)13-24-22(28)18-8-6-17(7-9-18)14-27-11-10-23-16(27)2/h3-12H,13-14H2,1-2H3,(H,24,28). The summed E-state index contributed by atoms with van der Waals surface area (Å²) >= 11 is 0. The molecule has 4 aromatic rings. The van der Waals surface area contributed by atoms with E-state index >= 15 is 0 Å². The molecule has 2 aromatic heterocycles. The third-order valence-corrected chi connectivity index (χ3v) is 4.64. The lowest BCUT2D eigenvalue weighted by Gasteiger charge is -2.07. The number of imidazole rings is 1. The Labute approximate surface area is 168 Å². The van der Waals surface area contributed by atoms with Gasteiger partial charge in [-0.25, -0.2) is 4.98 Å². The van der Waals surface area contributed by atoms with Crippen molar-refractivity contribution in [1.29, 1.82) is 0 Å². The van der Waals surface area contributed by atoms with Crippen molar-refractivity contribution >= 4 is 5.91 Å². The number of rotatable bonds is 6. The summed E-state index contributed by atoms with van der Waals surface area (Å²) in [5.41, 5.74) is 3.68. The molecule has 29 heavy (non-hydrogen) atoms. The normalized spacial score (nSPS) is 10.8. The van der Waals surface area contributed by atoms with E-state index in [0.29, 0.717) is 17.3 Å². The van der Waals surface area contributed by atoms with E-state index in [0.717, 1.165) is 29.1 Å². The summed E-state index contributed by atoms with van der Waals surface area (Å²) in [6.07, 6.45) is 3.71. The predicted octanol–water partition coefficient (Wildman–Crippen LogP) is 3.53. The van der Waals surface area contributed by atoms with E-state index in [2.05, 4.69) is 25.0 Å². The first-order chi connectivity index (χ1) is 14.1. The first-order valence-corrected chi connectivity index (χ1v) is 9.33. The average Bonchev–Trinajstić information content (AvgIpc) is 3.36. The molecule has 2 heterocycles. The molecule has 0 radical (unpaired) electrons. The lowest BCUT2D eigenvalue weighted by molar-refractivity contribution is 0.0946. The molecule has 0 atom stereocenters. The number of aromatic nitrogens is 4. The molecular formula is C22H21N5O2. The van der Waals surface area contributed by atoms with Crippen molar-refractivity contribution in [3.8, 4) is 11.4 Å². The van der Waals surface area contributed by atoms with E-state index in [1.165, 1.54) is 0 Å². The molecule has 1 amide bonds. The van der Waals surface area contributed by atoms with E-state index in [1.54, 1.807) is 6.20 Å². The summed E-state index contributed by atoms with van der Waals surface area (Å²) in [5.74, 6) is 1.64. The van der Waals surface area contributed by atoms with Crippen molar-refractivity contribution < 1.29 is 9.32 Å². The summed E-state index contributed by atoms with van der Waals surface area (Å²) in [6, 6.07) is 15.4. The number of hydrogen-bond donors (Lipinski definition) is 1. The molecule has 0 aliphatic rings. The van der Waals surface area contributed by atoms with Crippen LogP contribution in [0.1, 0.15) is 33.2 Å². The van der Waals surface area contributed by atoms with Crippen molar-refractivity contribution in [3.05, 3.63) is 89.3 Å². The molecule has 0 saturated heterocycles. The Morgan fingerprint density at radius 1 is 1.14 bits per heavy atom. The molecule has 146 valence electrons. The first kappa shape index (κ1) is 18.6. The second kappa shape index (κ2) is 8.10. The van der Waals surface area contributed by atoms with Gasteiger partial charge in [0.15, 0.2) is 0 Å². The highest BCUT2D eigenvalue weighted by Crippen LogP contribution is 2.17. The van der Waals surface area contributed by atoms with Gasteiger partial charge in [0.05, 0.1) is 6.54 Å². The third kappa shape index (κ3) is 4.40. The highest BCUT2D eigenvalue weighted by Gasteiger charge is 2.11. The molecule has 2 aromatic carbocycles. The Morgan fingerprint density at radius 2 is 1.97 bits per heavy atom. The highest BCUT2D eigenvalue weighted by atomic mass is 16.5. The van der Waals surface area contributed by atoms with E-state index in [1.807, 2.05) is 68.6 Å². The summed E-state index contributed by atoms with van der Waals surface area (Å²) in [6.45, 7) is 4.86. The molecule has 0 aliphatic carbocycles. The van der Waals surface area contributed by atoms with Gasteiger partial charge < -0.3 is 14.4 Å². The van der Waals surface area contributed by atoms with Crippen LogP contribution in [0.5, 0.6) is 0 Å². The summed E-state index contributed by atoms with van der Waals surface area (Å²) in [7, 11) is 0. The molecule has 0 saturated carbocycles. The Kier molecular flexibility index (Phi) is 5.20. The minimum absolute atomic E-state index is 0.174. The maximum atomic E-state index is 12.4. The van der Waals surface area contributed by atoms with Crippen LogP contribution in [-0.2, 0) is 13.1 Å². The quantitative estimate of drug-likeness (QED) is 0.547. The number of nitrogens with one attached hydrogen (secondary N) is 1. The number of hydrogen-bond acceptors (Lipinski definition) is 5. The van der Waals surface area contributed by atoms with Crippen LogP contribution < -0.4 is 5.32 Å². The molecule has 4 rings (SSSR count). The number of carbonyl (C=O) groups is 1. The van der Waals surface area contributed by atoms with Gasteiger partial charge in [-0.3, -0.25) is 4.79 Å². The van der Waals surface area contributed by atoms with Crippen LogP contribution in [0.3, 0.4) is 0 Å². The van der Waals surface area contributed by atoms with Crippen LogP contribution >= 0.6 is 0 Å². The van der Waals surface area contributed by atoms with Gasteiger partial charge in [-0.2, -0.15) is 4.98 Å². The van der Waals surface area contributed by atoms with Crippen molar-refractivity contribution in [2.24, 2.45) is 0 Å². The Morgan fingerprint density at radius 3 is 2.69 bits per heavy atom. The molecule has 1 N–H and O–H groups in total. The maximum Gasteiger partial charge on any atom is 0.251 e. The lowest BCUT2D eigenvalue weighted by Crippen LogP contribution is -2.22. The zero-order chi connectivity index (χ0) is 20.2. The van der Waals surface area contributed by atoms with Crippen LogP contribution in [0, 0.1) is 13.8 Å². The average molecular weight is 387 g/mol. The van der Waals surface area contributed by atoms with Crippen LogP contribution in [-0.4, -0.2) is 25.6 Å². The second-order valence-corrected chi connectivity index (χ2v) is 6.86. The molecular weight excluding hydrogens is 366 g/mol. The molecule has 0 fully saturated rings. The van der Waals surface area contributed by atoms with Crippen molar-refractivity contribution in [2.45, 2.75) is 26.9 Å². The Hall–Kier alpha value is -3.74. The minimum Gasteiger partial charge on any atom is -0.343 e. The van der Waals surface area contributed by atoms with Gasteiger partial charge in [0.25, 0.3) is 5.91 Å². The zero-order valence-electron chi connectivity index (χ0n) is 16.3. The minimum atomic E-state index is -0.189. The monoisotopic (exact) mass is 387 g/mol. The molecule has 0 aliphatic heterocycles. The van der Waals surface area contributed by atoms with Crippen LogP contribution in [0.4, 0.5) is 0 Å². The van der Waals surface area contributed by atoms with E-state index in [-0.39, 0.29) is 12.5 Å². The van der Waals surface area contributed by atoms with Gasteiger partial charge in [-0.05, 0) is 37.6 Å². The smallest absolute Gasteiger partial charge is 0.251 e. The summed E-state index contributed by atoms with van der Waals surface area (Å²) in [5, 5.41) is 6.80. The molecule has 7 nitrogen and oxygen atoms in total. The largest absolute Gasteiger partial charge is 0.343 e. The predicted molar refractivity (Wildman–Crippen MR) is 108 cm³/mol. The van der Waals surface area contributed by atoms with Gasteiger partial charge in [-0.15, -0.1) is 0 Å². The molecule has 7 heteroatoms. The van der Waals surface area contributed by atoms with Gasteiger partial charge in [0.1, 0.15) is 5.82 Å². The first-order valence-electron chi connectivity index (χ1n) is 9.33. The number of benzene rings is 2. The van der Waals surface area contributed by atoms with E-state index in [9.17, 15) is 4.79 Å². The van der Waals surface area contributed by atoms with E-state index < -0.39 is 0 Å². The van der Waals surface area contributed by atoms with Crippen molar-refractivity contribution in [2.75, 3.05) is 0 Å². The number of carbonyl (C=O) groups excluding carboxylic acids is 1. The number of amides is 1. The van der Waals surface area contributed by atoms with Crippen LogP contribution in [0.25, 0.3) is 11.4 Å². The molecule has 0 bridgehead atoms. The summed E-state index contributed by atoms with van der Waals surface area (Å²) in [4.78, 5) is 21.0. The summed E-state index contributed by atoms with van der Waals surface area (Å²) < 4.78 is 7.30. The molecule has 0 unspecified atom stereocenters. The lowest BCUT2D eigenvalue weighted by atomic mass is 10.1. The molecule has 0 spiro atoms. The fourth-order valence-corrected chi connectivity index (χ4v) is 3.02. The SMILES string of the molecule is Cc1cccc(-c2noc(CNC(=O)c3ccc(Cn4ccnc4C)cc3)n2)c1. The van der Waals surface area contributed by atoms with Crippen LogP contribution in [0.15, 0.2) is 65.4 Å². The van der Waals surface area contributed by atoms with Crippen molar-refractivity contribution in [3.63, 3.8) is 0 Å². The van der Waals surface area contributed by atoms with E-state index in [4.69, 9.17) is 4.52 Å². The highest BCUT2D eigenvalue weighted by molar-refractivity contribution is 5.94. The Balaban J connectivity index is 1.36. The van der Waals surface area contributed by atoms with Crippen molar-refractivity contribution in [1.82, 2.24) is 25.0 Å².